The van der Waals surface area contributed by atoms with Crippen molar-refractivity contribution < 1.29 is 32.3 Å². The smallest absolute Gasteiger partial charge is 0.378 e. The zero-order valence-electron chi connectivity index (χ0n) is 17.9. The first kappa shape index (κ1) is 24.2. The Kier molecular flexibility index (Phi) is 7.64. The molecule has 1 N–H and O–H groups in total. The van der Waals surface area contributed by atoms with E-state index in [2.05, 4.69) is 4.98 Å². The third-order valence-electron chi connectivity index (χ3n) is 4.95. The lowest BCUT2D eigenvalue weighted by Gasteiger charge is -2.32. The van der Waals surface area contributed by atoms with Gasteiger partial charge in [0.1, 0.15) is 5.82 Å². The van der Waals surface area contributed by atoms with Crippen molar-refractivity contribution >= 4 is 23.5 Å². The molecule has 3 amide bonds. The summed E-state index contributed by atoms with van der Waals surface area (Å²) in [5.74, 6) is -2.36. The van der Waals surface area contributed by atoms with Gasteiger partial charge in [-0.15, -0.1) is 0 Å². The van der Waals surface area contributed by atoms with E-state index < -0.39 is 24.4 Å². The van der Waals surface area contributed by atoms with Crippen LogP contribution in [0.2, 0.25) is 0 Å². The van der Waals surface area contributed by atoms with Crippen LogP contribution in [0.25, 0.3) is 0 Å². The quantitative estimate of drug-likeness (QED) is 0.664. The van der Waals surface area contributed by atoms with Gasteiger partial charge in [0.05, 0.1) is 26.3 Å². The summed E-state index contributed by atoms with van der Waals surface area (Å²) in [4.78, 5) is 43.8. The molecule has 2 aromatic rings. The van der Waals surface area contributed by atoms with Crippen LogP contribution in [0.1, 0.15) is 21.6 Å². The van der Waals surface area contributed by atoms with Gasteiger partial charge in [-0.2, -0.15) is 13.2 Å². The average Bonchev–Trinajstić information content (AvgIpc) is 2.80. The molecule has 8 nitrogen and oxygen atoms in total. The van der Waals surface area contributed by atoms with E-state index in [0.717, 1.165) is 5.69 Å². The molecule has 11 heteroatoms. The van der Waals surface area contributed by atoms with Crippen LogP contribution in [-0.2, 0) is 16.1 Å². The van der Waals surface area contributed by atoms with Gasteiger partial charge in [0.2, 0.25) is 0 Å². The molecule has 33 heavy (non-hydrogen) atoms. The van der Waals surface area contributed by atoms with Crippen LogP contribution in [0, 0.1) is 6.92 Å². The molecule has 1 aromatic heterocycles. The van der Waals surface area contributed by atoms with Crippen molar-refractivity contribution in [2.45, 2.75) is 19.6 Å². The monoisotopic (exact) mass is 464 g/mol. The number of hydrogen-bond acceptors (Lipinski definition) is 5. The normalized spacial score (nSPS) is 14.0. The van der Waals surface area contributed by atoms with Gasteiger partial charge < -0.3 is 15.0 Å². The fourth-order valence-electron chi connectivity index (χ4n) is 3.19. The fourth-order valence-corrected chi connectivity index (χ4v) is 3.19. The van der Waals surface area contributed by atoms with E-state index in [1.165, 1.54) is 17.0 Å². The highest BCUT2D eigenvalue weighted by molar-refractivity contribution is 5.99. The maximum atomic E-state index is 13.2. The van der Waals surface area contributed by atoms with Crippen molar-refractivity contribution in [3.8, 4) is 0 Å². The molecular formula is C22H23F3N4O4. The summed E-state index contributed by atoms with van der Waals surface area (Å²) in [5, 5.41) is 1.56. The van der Waals surface area contributed by atoms with E-state index in [-0.39, 0.29) is 18.1 Å². The van der Waals surface area contributed by atoms with E-state index >= 15 is 0 Å². The molecule has 0 bridgehead atoms. The van der Waals surface area contributed by atoms with Gasteiger partial charge in [-0.1, -0.05) is 30.3 Å². The number of benzene rings is 1. The predicted octanol–water partition coefficient (Wildman–Crippen LogP) is 2.71. The Morgan fingerprint density at radius 2 is 1.76 bits per heavy atom. The third kappa shape index (κ3) is 6.51. The number of aromatic nitrogens is 1. The van der Waals surface area contributed by atoms with Crippen LogP contribution in [0.15, 0.2) is 42.5 Å². The number of carbonyl (C=O) groups excluding carboxylic acids is 3. The number of pyridine rings is 1. The lowest BCUT2D eigenvalue weighted by atomic mass is 10.1. The highest BCUT2D eigenvalue weighted by Gasteiger charge is 2.38. The summed E-state index contributed by atoms with van der Waals surface area (Å²) in [5.41, 5.74) is 1.57. The number of morpholine rings is 1. The number of nitrogens with one attached hydrogen (secondary N) is 1. The number of halogens is 3. The Morgan fingerprint density at radius 1 is 1.09 bits per heavy atom. The minimum atomic E-state index is -5.05. The van der Waals surface area contributed by atoms with Gasteiger partial charge in [-0.25, -0.2) is 9.78 Å². The van der Waals surface area contributed by atoms with Crippen LogP contribution in [0.3, 0.4) is 0 Å². The molecule has 0 saturated carbocycles. The van der Waals surface area contributed by atoms with Crippen molar-refractivity contribution in [2.75, 3.05) is 37.7 Å². The molecular weight excluding hydrogens is 441 g/mol. The first-order valence-electron chi connectivity index (χ1n) is 10.2. The lowest BCUT2D eigenvalue weighted by Crippen LogP contribution is -2.48. The third-order valence-corrected chi connectivity index (χ3v) is 4.95. The van der Waals surface area contributed by atoms with Crippen molar-refractivity contribution in [3.05, 3.63) is 59.3 Å². The van der Waals surface area contributed by atoms with Crippen LogP contribution in [-0.4, -0.2) is 66.6 Å². The summed E-state index contributed by atoms with van der Waals surface area (Å²) in [6, 6.07) is 11.2. The number of anilines is 1. The minimum Gasteiger partial charge on any atom is -0.378 e. The second-order valence-corrected chi connectivity index (χ2v) is 7.41. The summed E-state index contributed by atoms with van der Waals surface area (Å²) in [6.07, 6.45) is -5.05. The number of ether oxygens (including phenoxy) is 1. The molecule has 0 unspecified atom stereocenters. The van der Waals surface area contributed by atoms with Crippen LogP contribution in [0.5, 0.6) is 0 Å². The number of nitrogens with zero attached hydrogens (tertiary/aromatic N) is 3. The number of ketones is 1. The molecule has 0 aliphatic carbocycles. The molecule has 1 aliphatic rings. The second kappa shape index (κ2) is 10.4. The molecule has 1 aromatic carbocycles. The number of urea groups is 1. The molecule has 0 radical (unpaired) electrons. The summed E-state index contributed by atoms with van der Waals surface area (Å²) >= 11 is 0. The Hall–Kier alpha value is -3.47. The summed E-state index contributed by atoms with van der Waals surface area (Å²) in [6.45, 7) is 3.03. The first-order chi connectivity index (χ1) is 15.6. The zero-order chi connectivity index (χ0) is 24.0. The SMILES string of the molecule is Cc1cccc(N(Cc2ccc(C(=O)CNC(=O)C(F)(F)F)cc2)C(=O)N2CCOCC2)n1. The van der Waals surface area contributed by atoms with Gasteiger partial charge in [0.25, 0.3) is 0 Å². The van der Waals surface area contributed by atoms with E-state index in [9.17, 15) is 27.6 Å². The average molecular weight is 464 g/mol. The number of amides is 3. The van der Waals surface area contributed by atoms with Crippen molar-refractivity contribution in [1.29, 1.82) is 0 Å². The van der Waals surface area contributed by atoms with Crippen LogP contribution < -0.4 is 10.2 Å². The van der Waals surface area contributed by atoms with Gasteiger partial charge in [0.15, 0.2) is 5.78 Å². The van der Waals surface area contributed by atoms with E-state index in [1.54, 1.807) is 34.5 Å². The maximum Gasteiger partial charge on any atom is 0.471 e. The lowest BCUT2D eigenvalue weighted by molar-refractivity contribution is -0.173. The number of carbonyl (C=O) groups is 3. The number of alkyl halides is 3. The molecule has 0 atom stereocenters. The topological polar surface area (TPSA) is 91.8 Å². The Bertz CT molecular complexity index is 1010. The molecule has 2 heterocycles. The number of hydrogen-bond donors (Lipinski definition) is 1. The zero-order valence-corrected chi connectivity index (χ0v) is 17.9. The van der Waals surface area contributed by atoms with E-state index in [4.69, 9.17) is 4.74 Å². The molecule has 1 aliphatic heterocycles. The number of rotatable bonds is 6. The van der Waals surface area contributed by atoms with Crippen molar-refractivity contribution in [1.82, 2.24) is 15.2 Å². The Labute approximate surface area is 188 Å². The van der Waals surface area contributed by atoms with Crippen molar-refractivity contribution in [2.24, 2.45) is 0 Å². The fraction of sp³-hybridized carbons (Fsp3) is 0.364. The Balaban J connectivity index is 1.72. The molecule has 0 spiro atoms. The predicted molar refractivity (Wildman–Crippen MR) is 113 cm³/mol. The van der Waals surface area contributed by atoms with Crippen LogP contribution >= 0.6 is 0 Å². The molecule has 1 saturated heterocycles. The number of aryl methyl sites for hydroxylation is 1. The van der Waals surface area contributed by atoms with E-state index in [1.807, 2.05) is 13.0 Å². The summed E-state index contributed by atoms with van der Waals surface area (Å²) < 4.78 is 42.1. The highest BCUT2D eigenvalue weighted by atomic mass is 19.4. The minimum absolute atomic E-state index is 0.140. The van der Waals surface area contributed by atoms with Gasteiger partial charge >= 0.3 is 18.1 Å². The second-order valence-electron chi connectivity index (χ2n) is 7.41. The van der Waals surface area contributed by atoms with Crippen molar-refractivity contribution in [3.63, 3.8) is 0 Å². The number of Topliss-reactive ketones (excluding diaryl/α,β-unsaturated/α-hetero) is 1. The molecule has 1 fully saturated rings. The highest BCUT2D eigenvalue weighted by Crippen LogP contribution is 2.19. The van der Waals surface area contributed by atoms with Gasteiger partial charge in [0, 0.05) is 24.3 Å². The molecule has 176 valence electrons. The maximum absolute atomic E-state index is 13.2. The van der Waals surface area contributed by atoms with Crippen LogP contribution in [0.4, 0.5) is 23.8 Å². The molecule has 3 rings (SSSR count). The standard InChI is InChI=1S/C22H23F3N4O4/c1-15-3-2-4-19(27-15)29(21(32)28-9-11-33-12-10-28)14-16-5-7-17(8-6-16)18(30)13-26-20(31)22(23,24)25/h2-8H,9-14H2,1H3,(H,26,31). The first-order valence-corrected chi connectivity index (χ1v) is 10.2. The van der Waals surface area contributed by atoms with E-state index in [0.29, 0.717) is 37.7 Å². The van der Waals surface area contributed by atoms with Gasteiger partial charge in [-0.05, 0) is 24.6 Å². The Morgan fingerprint density at radius 3 is 2.36 bits per heavy atom. The largest absolute Gasteiger partial charge is 0.471 e. The van der Waals surface area contributed by atoms with Gasteiger partial charge in [-0.3, -0.25) is 14.5 Å². The summed E-state index contributed by atoms with van der Waals surface area (Å²) in [7, 11) is 0.